The highest BCUT2D eigenvalue weighted by Gasteiger charge is 2.41. The van der Waals surface area contributed by atoms with Crippen molar-refractivity contribution in [3.05, 3.63) is 29.8 Å². The zero-order valence-electron chi connectivity index (χ0n) is 16.1. The molecule has 9 nitrogen and oxygen atoms in total. The molecule has 2 rings (SSSR count). The van der Waals surface area contributed by atoms with Crippen LogP contribution in [0.5, 0.6) is 11.5 Å². The molecule has 0 saturated carbocycles. The van der Waals surface area contributed by atoms with Gasteiger partial charge >= 0.3 is 17.8 Å². The summed E-state index contributed by atoms with van der Waals surface area (Å²) in [5, 5.41) is 2.66. The number of nitrogens with zero attached hydrogens (tertiary/aromatic N) is 2. The van der Waals surface area contributed by atoms with Gasteiger partial charge in [-0.3, -0.25) is 24.2 Å². The number of imide groups is 2. The second-order valence-corrected chi connectivity index (χ2v) is 5.92. The number of amides is 5. The van der Waals surface area contributed by atoms with E-state index in [1.165, 1.54) is 13.1 Å². The summed E-state index contributed by atoms with van der Waals surface area (Å²) in [7, 11) is 2.81. The molecule has 1 N–H and O–H groups in total. The van der Waals surface area contributed by atoms with Crippen molar-refractivity contribution in [3.63, 3.8) is 0 Å². The van der Waals surface area contributed by atoms with E-state index in [0.29, 0.717) is 24.5 Å². The van der Waals surface area contributed by atoms with Crippen LogP contribution in [0.2, 0.25) is 0 Å². The highest BCUT2D eigenvalue weighted by atomic mass is 16.5. The van der Waals surface area contributed by atoms with Crippen molar-refractivity contribution in [2.45, 2.75) is 13.3 Å². The number of carbonyl (C=O) groups excluding carboxylic acids is 4. The fraction of sp³-hybridized carbons (Fsp3) is 0.368. The fourth-order valence-corrected chi connectivity index (χ4v) is 2.56. The Balaban J connectivity index is 1.81. The maximum Gasteiger partial charge on any atom is 0.333 e. The Kier molecular flexibility index (Phi) is 7.14. The standard InChI is InChI=1S/C19H23N3O6/c1-4-28-15-12-13(6-8-14(15)27-3)7-9-16(23)20-10-5-11-22-18(25)17(24)21(2)19(22)26/h6-9,12H,4-5,10-11H2,1-3H3,(H,20,23)/b9-7-. The summed E-state index contributed by atoms with van der Waals surface area (Å²) in [6.45, 7) is 2.68. The van der Waals surface area contributed by atoms with E-state index < -0.39 is 17.8 Å². The first-order valence-electron chi connectivity index (χ1n) is 8.79. The van der Waals surface area contributed by atoms with Gasteiger partial charge in [0, 0.05) is 26.2 Å². The van der Waals surface area contributed by atoms with Crippen molar-refractivity contribution in [2.75, 3.05) is 33.9 Å². The molecule has 0 bridgehead atoms. The molecule has 0 radical (unpaired) electrons. The number of urea groups is 1. The summed E-state index contributed by atoms with van der Waals surface area (Å²) in [5.41, 5.74) is 0.772. The Hall–Kier alpha value is -3.36. The van der Waals surface area contributed by atoms with Gasteiger partial charge in [0.05, 0.1) is 13.7 Å². The average Bonchev–Trinajstić information content (AvgIpc) is 2.87. The zero-order chi connectivity index (χ0) is 20.7. The first-order chi connectivity index (χ1) is 13.4. The molecule has 1 saturated heterocycles. The number of methoxy groups -OCH3 is 1. The van der Waals surface area contributed by atoms with Crippen molar-refractivity contribution in [1.82, 2.24) is 15.1 Å². The minimum Gasteiger partial charge on any atom is -0.493 e. The smallest absolute Gasteiger partial charge is 0.333 e. The van der Waals surface area contributed by atoms with Gasteiger partial charge in [-0.2, -0.15) is 0 Å². The van der Waals surface area contributed by atoms with E-state index in [1.54, 1.807) is 31.4 Å². The summed E-state index contributed by atoms with van der Waals surface area (Å²) in [6, 6.07) is 4.67. The van der Waals surface area contributed by atoms with E-state index in [1.807, 2.05) is 6.92 Å². The molecule has 1 aliphatic heterocycles. The Morgan fingerprint density at radius 2 is 1.93 bits per heavy atom. The molecule has 0 spiro atoms. The van der Waals surface area contributed by atoms with Gasteiger partial charge < -0.3 is 14.8 Å². The first kappa shape index (κ1) is 20.9. The average molecular weight is 389 g/mol. The van der Waals surface area contributed by atoms with Gasteiger partial charge in [-0.05, 0) is 37.1 Å². The molecule has 1 heterocycles. The minimum absolute atomic E-state index is 0.0634. The molecular formula is C19H23N3O6. The Bertz CT molecular complexity index is 805. The van der Waals surface area contributed by atoms with Crippen LogP contribution < -0.4 is 14.8 Å². The minimum atomic E-state index is -0.845. The van der Waals surface area contributed by atoms with Crippen molar-refractivity contribution >= 4 is 29.8 Å². The highest BCUT2D eigenvalue weighted by molar-refractivity contribution is 6.44. The number of benzene rings is 1. The predicted molar refractivity (Wildman–Crippen MR) is 101 cm³/mol. The van der Waals surface area contributed by atoms with E-state index in [-0.39, 0.29) is 19.0 Å². The number of nitrogens with one attached hydrogen (secondary N) is 1. The van der Waals surface area contributed by atoms with E-state index in [2.05, 4.69) is 5.32 Å². The number of carbonyl (C=O) groups is 4. The SMILES string of the molecule is CCOc1cc(/C=C\C(=O)NCCCN2C(=O)C(=O)N(C)C2=O)ccc1OC. The van der Waals surface area contributed by atoms with Crippen LogP contribution in [-0.2, 0) is 14.4 Å². The lowest BCUT2D eigenvalue weighted by Gasteiger charge is -2.12. The van der Waals surface area contributed by atoms with Crippen molar-refractivity contribution < 1.29 is 28.7 Å². The van der Waals surface area contributed by atoms with Crippen molar-refractivity contribution in [2.24, 2.45) is 0 Å². The lowest BCUT2D eigenvalue weighted by Crippen LogP contribution is -2.34. The van der Waals surface area contributed by atoms with Crippen LogP contribution in [0.1, 0.15) is 18.9 Å². The molecule has 5 amide bonds. The summed E-state index contributed by atoms with van der Waals surface area (Å²) in [4.78, 5) is 48.3. The van der Waals surface area contributed by atoms with Crippen LogP contribution in [0.25, 0.3) is 6.08 Å². The first-order valence-corrected chi connectivity index (χ1v) is 8.79. The van der Waals surface area contributed by atoms with Gasteiger partial charge in [0.1, 0.15) is 0 Å². The number of ether oxygens (including phenoxy) is 2. The Morgan fingerprint density at radius 3 is 2.54 bits per heavy atom. The number of rotatable bonds is 9. The van der Waals surface area contributed by atoms with Crippen molar-refractivity contribution in [1.29, 1.82) is 0 Å². The molecule has 1 aromatic carbocycles. The lowest BCUT2D eigenvalue weighted by molar-refractivity contribution is -0.142. The number of hydrogen-bond acceptors (Lipinski definition) is 6. The molecule has 0 aliphatic carbocycles. The van der Waals surface area contributed by atoms with Gasteiger partial charge in [0.15, 0.2) is 11.5 Å². The van der Waals surface area contributed by atoms with Gasteiger partial charge in [0.2, 0.25) is 5.91 Å². The lowest BCUT2D eigenvalue weighted by atomic mass is 10.2. The van der Waals surface area contributed by atoms with Gasteiger partial charge in [-0.1, -0.05) is 6.07 Å². The molecule has 28 heavy (non-hydrogen) atoms. The third kappa shape index (κ3) is 4.87. The largest absolute Gasteiger partial charge is 0.493 e. The Labute approximate surface area is 162 Å². The predicted octanol–water partition coefficient (Wildman–Crippen LogP) is 1.03. The molecule has 0 aromatic heterocycles. The molecule has 1 aliphatic rings. The van der Waals surface area contributed by atoms with Gasteiger partial charge in [-0.15, -0.1) is 0 Å². The molecule has 9 heteroatoms. The molecular weight excluding hydrogens is 366 g/mol. The maximum atomic E-state index is 11.9. The van der Waals surface area contributed by atoms with E-state index in [0.717, 1.165) is 15.4 Å². The number of likely N-dealkylation sites (N-methyl/N-ethyl adjacent to an activating group) is 1. The second kappa shape index (κ2) is 9.54. The van der Waals surface area contributed by atoms with E-state index in [4.69, 9.17) is 9.47 Å². The van der Waals surface area contributed by atoms with Crippen LogP contribution >= 0.6 is 0 Å². The topological polar surface area (TPSA) is 105 Å². The molecule has 0 unspecified atom stereocenters. The zero-order valence-corrected chi connectivity index (χ0v) is 16.1. The Morgan fingerprint density at radius 1 is 1.18 bits per heavy atom. The summed E-state index contributed by atoms with van der Waals surface area (Å²) in [5.74, 6) is -0.808. The summed E-state index contributed by atoms with van der Waals surface area (Å²) < 4.78 is 10.7. The third-order valence-corrected chi connectivity index (χ3v) is 4.02. The molecule has 1 aromatic rings. The molecule has 0 atom stereocenters. The summed E-state index contributed by atoms with van der Waals surface area (Å²) in [6.07, 6.45) is 3.36. The normalized spacial score (nSPS) is 14.2. The van der Waals surface area contributed by atoms with Gasteiger partial charge in [0.25, 0.3) is 0 Å². The summed E-state index contributed by atoms with van der Waals surface area (Å²) >= 11 is 0. The van der Waals surface area contributed by atoms with E-state index in [9.17, 15) is 19.2 Å². The van der Waals surface area contributed by atoms with Crippen LogP contribution in [0, 0.1) is 0 Å². The van der Waals surface area contributed by atoms with Crippen LogP contribution in [0.3, 0.4) is 0 Å². The van der Waals surface area contributed by atoms with Gasteiger partial charge in [-0.25, -0.2) is 4.79 Å². The molecule has 1 fully saturated rings. The van der Waals surface area contributed by atoms with Crippen LogP contribution in [-0.4, -0.2) is 67.4 Å². The van der Waals surface area contributed by atoms with E-state index >= 15 is 0 Å². The van der Waals surface area contributed by atoms with Crippen LogP contribution in [0.15, 0.2) is 24.3 Å². The van der Waals surface area contributed by atoms with Crippen molar-refractivity contribution in [3.8, 4) is 11.5 Å². The molecule has 150 valence electrons. The fourth-order valence-electron chi connectivity index (χ4n) is 2.56. The quantitative estimate of drug-likeness (QED) is 0.293. The monoisotopic (exact) mass is 389 g/mol. The number of hydrogen-bond donors (Lipinski definition) is 1. The second-order valence-electron chi connectivity index (χ2n) is 5.92. The maximum absolute atomic E-state index is 11.9. The highest BCUT2D eigenvalue weighted by Crippen LogP contribution is 2.28. The third-order valence-electron chi connectivity index (χ3n) is 4.02. The van der Waals surface area contributed by atoms with Crippen LogP contribution in [0.4, 0.5) is 4.79 Å².